The van der Waals surface area contributed by atoms with Crippen LogP contribution in [0, 0.1) is 0 Å². The van der Waals surface area contributed by atoms with Crippen LogP contribution in [0.4, 0.5) is 9.59 Å². The molecule has 0 bridgehead atoms. The summed E-state index contributed by atoms with van der Waals surface area (Å²) >= 11 is 0. The Bertz CT molecular complexity index is 647. The van der Waals surface area contributed by atoms with E-state index in [4.69, 9.17) is 9.47 Å². The summed E-state index contributed by atoms with van der Waals surface area (Å²) in [6.45, 7) is 5.48. The van der Waals surface area contributed by atoms with E-state index in [2.05, 4.69) is 5.32 Å². The Balaban J connectivity index is 1.51. The smallest absolute Gasteiger partial charge is 0.410 e. The molecule has 3 amide bonds. The van der Waals surface area contributed by atoms with Gasteiger partial charge in [0.25, 0.3) is 0 Å². The molecule has 1 aromatic carbocycles. The topological polar surface area (TPSA) is 71.1 Å². The minimum absolute atomic E-state index is 0.0451. The maximum absolute atomic E-state index is 12.2. The molecule has 0 aromatic heterocycles. The number of aryl methyl sites for hydroxylation is 1. The van der Waals surface area contributed by atoms with E-state index in [0.29, 0.717) is 19.6 Å². The fourth-order valence-electron chi connectivity index (χ4n) is 3.51. The number of carbonyl (C=O) groups is 2. The van der Waals surface area contributed by atoms with Crippen LogP contribution < -0.4 is 10.1 Å². The Morgan fingerprint density at radius 2 is 2.04 bits per heavy atom. The summed E-state index contributed by atoms with van der Waals surface area (Å²) in [7, 11) is 1.65. The first-order valence-electron chi connectivity index (χ1n) is 9.13. The molecule has 2 aliphatic rings. The largest absolute Gasteiger partial charge is 0.497 e. The number of amides is 3. The molecular formula is C19H27N3O4. The van der Waals surface area contributed by atoms with E-state index in [1.807, 2.05) is 38.1 Å². The average Bonchev–Trinajstić information content (AvgIpc) is 3.13. The van der Waals surface area contributed by atoms with Gasteiger partial charge in [0.05, 0.1) is 19.7 Å². The van der Waals surface area contributed by atoms with E-state index in [9.17, 15) is 9.59 Å². The second-order valence-electron chi connectivity index (χ2n) is 7.14. The third-order valence-electron chi connectivity index (χ3n) is 4.85. The SMILES string of the molecule is COc1ccc(CCCN2C(=O)O[C@H]3CN(C(=O)NC(C)C)C[C@H]32)cc1. The van der Waals surface area contributed by atoms with Crippen molar-refractivity contribution in [2.24, 2.45) is 0 Å². The van der Waals surface area contributed by atoms with E-state index in [0.717, 1.165) is 18.6 Å². The molecule has 142 valence electrons. The lowest BCUT2D eigenvalue weighted by atomic mass is 10.1. The zero-order valence-electron chi connectivity index (χ0n) is 15.6. The molecule has 2 atom stereocenters. The molecular weight excluding hydrogens is 334 g/mol. The van der Waals surface area contributed by atoms with Gasteiger partial charge >= 0.3 is 12.1 Å². The van der Waals surface area contributed by atoms with Crippen molar-refractivity contribution in [1.82, 2.24) is 15.1 Å². The van der Waals surface area contributed by atoms with Gasteiger partial charge in [0.2, 0.25) is 0 Å². The molecule has 2 fully saturated rings. The monoisotopic (exact) mass is 361 g/mol. The molecule has 2 aliphatic heterocycles. The zero-order valence-corrected chi connectivity index (χ0v) is 15.6. The van der Waals surface area contributed by atoms with Crippen LogP contribution in [0.1, 0.15) is 25.8 Å². The predicted molar refractivity (Wildman–Crippen MR) is 97.3 cm³/mol. The second kappa shape index (κ2) is 7.85. The first-order chi connectivity index (χ1) is 12.5. The normalized spacial score (nSPS) is 21.8. The number of nitrogens with zero attached hydrogens (tertiary/aromatic N) is 2. The van der Waals surface area contributed by atoms with Crippen molar-refractivity contribution >= 4 is 12.1 Å². The molecule has 2 saturated heterocycles. The van der Waals surface area contributed by atoms with Gasteiger partial charge in [-0.2, -0.15) is 0 Å². The molecule has 7 heteroatoms. The number of hydrogen-bond acceptors (Lipinski definition) is 4. The van der Waals surface area contributed by atoms with Gasteiger partial charge in [0.1, 0.15) is 11.9 Å². The molecule has 0 spiro atoms. The van der Waals surface area contributed by atoms with Crippen LogP contribution in [-0.2, 0) is 11.2 Å². The molecule has 0 unspecified atom stereocenters. The van der Waals surface area contributed by atoms with Crippen molar-refractivity contribution in [3.63, 3.8) is 0 Å². The van der Waals surface area contributed by atoms with Crippen molar-refractivity contribution in [3.8, 4) is 5.75 Å². The molecule has 1 aromatic rings. The third-order valence-corrected chi connectivity index (χ3v) is 4.85. The minimum atomic E-state index is -0.265. The highest BCUT2D eigenvalue weighted by molar-refractivity contribution is 5.76. The standard InChI is InChI=1S/C19H27N3O4/c1-13(2)20-18(23)21-11-16-17(12-21)26-19(24)22(16)10-4-5-14-6-8-15(25-3)9-7-14/h6-9,13,16-17H,4-5,10-12H2,1-3H3,(H,20,23)/t16-,17+/m1/s1. The maximum atomic E-state index is 12.2. The maximum Gasteiger partial charge on any atom is 0.410 e. The van der Waals surface area contributed by atoms with E-state index in [1.165, 1.54) is 5.56 Å². The fourth-order valence-corrected chi connectivity index (χ4v) is 3.51. The summed E-state index contributed by atoms with van der Waals surface area (Å²) in [5, 5.41) is 2.89. The van der Waals surface area contributed by atoms with Crippen LogP contribution >= 0.6 is 0 Å². The summed E-state index contributed by atoms with van der Waals surface area (Å²) in [5.41, 5.74) is 1.21. The van der Waals surface area contributed by atoms with Gasteiger partial charge in [-0.05, 0) is 44.4 Å². The lowest BCUT2D eigenvalue weighted by Crippen LogP contribution is -2.44. The van der Waals surface area contributed by atoms with Crippen molar-refractivity contribution in [1.29, 1.82) is 0 Å². The van der Waals surface area contributed by atoms with Gasteiger partial charge in [-0.3, -0.25) is 4.90 Å². The number of urea groups is 1. The lowest BCUT2D eigenvalue weighted by molar-refractivity contribution is 0.122. The van der Waals surface area contributed by atoms with Crippen LogP contribution in [-0.4, -0.2) is 66.9 Å². The number of fused-ring (bicyclic) bond motifs is 1. The second-order valence-corrected chi connectivity index (χ2v) is 7.14. The zero-order chi connectivity index (χ0) is 18.7. The van der Waals surface area contributed by atoms with Gasteiger partial charge < -0.3 is 19.7 Å². The van der Waals surface area contributed by atoms with Gasteiger partial charge in [0, 0.05) is 19.1 Å². The summed E-state index contributed by atoms with van der Waals surface area (Å²) in [6, 6.07) is 7.91. The van der Waals surface area contributed by atoms with Gasteiger partial charge in [0.15, 0.2) is 0 Å². The van der Waals surface area contributed by atoms with Crippen LogP contribution in [0.2, 0.25) is 0 Å². The van der Waals surface area contributed by atoms with Gasteiger partial charge in [-0.15, -0.1) is 0 Å². The average molecular weight is 361 g/mol. The van der Waals surface area contributed by atoms with E-state index < -0.39 is 0 Å². The Labute approximate surface area is 154 Å². The number of likely N-dealkylation sites (tertiary alicyclic amines) is 1. The van der Waals surface area contributed by atoms with Crippen molar-refractivity contribution in [2.45, 2.75) is 44.9 Å². The van der Waals surface area contributed by atoms with Crippen LogP contribution in [0.15, 0.2) is 24.3 Å². The van der Waals surface area contributed by atoms with E-state index in [-0.39, 0.29) is 30.3 Å². The van der Waals surface area contributed by atoms with Crippen LogP contribution in [0.5, 0.6) is 5.75 Å². The lowest BCUT2D eigenvalue weighted by Gasteiger charge is -2.23. The Hall–Kier alpha value is -2.44. The Morgan fingerprint density at radius 3 is 2.69 bits per heavy atom. The molecule has 1 N–H and O–H groups in total. The first kappa shape index (κ1) is 18.4. The van der Waals surface area contributed by atoms with Gasteiger partial charge in [-0.25, -0.2) is 9.59 Å². The predicted octanol–water partition coefficient (Wildman–Crippen LogP) is 2.25. The van der Waals surface area contributed by atoms with Gasteiger partial charge in [-0.1, -0.05) is 12.1 Å². The highest BCUT2D eigenvalue weighted by atomic mass is 16.6. The minimum Gasteiger partial charge on any atom is -0.497 e. The molecule has 7 nitrogen and oxygen atoms in total. The summed E-state index contributed by atoms with van der Waals surface area (Å²) in [4.78, 5) is 27.8. The van der Waals surface area contributed by atoms with Crippen molar-refractivity contribution in [3.05, 3.63) is 29.8 Å². The molecule has 3 rings (SSSR count). The highest BCUT2D eigenvalue weighted by Crippen LogP contribution is 2.27. The quantitative estimate of drug-likeness (QED) is 0.844. The van der Waals surface area contributed by atoms with Crippen LogP contribution in [0.25, 0.3) is 0 Å². The molecule has 26 heavy (non-hydrogen) atoms. The van der Waals surface area contributed by atoms with Crippen molar-refractivity contribution < 1.29 is 19.1 Å². The Morgan fingerprint density at radius 1 is 1.31 bits per heavy atom. The number of ether oxygens (including phenoxy) is 2. The summed E-state index contributed by atoms with van der Waals surface area (Å²) in [5.74, 6) is 0.838. The number of carbonyl (C=O) groups excluding carboxylic acids is 2. The number of hydrogen-bond donors (Lipinski definition) is 1. The van der Waals surface area contributed by atoms with E-state index in [1.54, 1.807) is 16.9 Å². The number of rotatable bonds is 6. The molecule has 2 heterocycles. The highest BCUT2D eigenvalue weighted by Gasteiger charge is 2.48. The van der Waals surface area contributed by atoms with Crippen LogP contribution in [0.3, 0.4) is 0 Å². The van der Waals surface area contributed by atoms with Crippen molar-refractivity contribution in [2.75, 3.05) is 26.7 Å². The summed E-state index contributed by atoms with van der Waals surface area (Å²) < 4.78 is 10.6. The first-order valence-corrected chi connectivity index (χ1v) is 9.13. The molecule has 0 saturated carbocycles. The number of benzene rings is 1. The Kier molecular flexibility index (Phi) is 5.54. The molecule has 0 aliphatic carbocycles. The third kappa shape index (κ3) is 4.03. The number of nitrogens with one attached hydrogen (secondary N) is 1. The number of methoxy groups -OCH3 is 1. The van der Waals surface area contributed by atoms with E-state index >= 15 is 0 Å². The molecule has 0 radical (unpaired) electrons. The fraction of sp³-hybridized carbons (Fsp3) is 0.579. The summed E-state index contributed by atoms with van der Waals surface area (Å²) in [6.07, 6.45) is 1.24.